The number of benzene rings is 2. The maximum atomic E-state index is 12.9. The van der Waals surface area contributed by atoms with Crippen LogP contribution >= 0.6 is 0 Å². The zero-order valence-electron chi connectivity index (χ0n) is 15.0. The molecule has 2 aromatic rings. The van der Waals surface area contributed by atoms with Gasteiger partial charge in [-0.1, -0.05) is 42.5 Å². The molecule has 136 valence electrons. The Morgan fingerprint density at radius 1 is 1.12 bits per heavy atom. The number of hydrogen-bond acceptors (Lipinski definition) is 3. The number of fused-ring (bicyclic) bond motifs is 1. The molecule has 2 amide bonds. The number of piperidine rings is 1. The Morgan fingerprint density at radius 3 is 2.85 bits per heavy atom. The molecule has 0 bridgehead atoms. The van der Waals surface area contributed by atoms with Gasteiger partial charge in [0.2, 0.25) is 11.8 Å². The van der Waals surface area contributed by atoms with Gasteiger partial charge in [-0.05, 0) is 29.2 Å². The summed E-state index contributed by atoms with van der Waals surface area (Å²) in [6.45, 7) is 3.46. The Labute approximate surface area is 154 Å². The molecule has 0 saturated carbocycles. The van der Waals surface area contributed by atoms with Crippen LogP contribution in [0.3, 0.4) is 0 Å². The van der Waals surface area contributed by atoms with Gasteiger partial charge in [-0.25, -0.2) is 0 Å². The summed E-state index contributed by atoms with van der Waals surface area (Å²) in [5.41, 5.74) is 1.08. The molecule has 5 nitrogen and oxygen atoms in total. The fourth-order valence-electron chi connectivity index (χ4n) is 4.16. The van der Waals surface area contributed by atoms with Crippen LogP contribution in [0.4, 0.5) is 0 Å². The zero-order valence-corrected chi connectivity index (χ0v) is 15.0. The normalized spacial score (nSPS) is 21.2. The second kappa shape index (κ2) is 7.46. The molecule has 2 aliphatic heterocycles. The molecule has 2 fully saturated rings. The molecular formula is C21H25N3O2. The highest BCUT2D eigenvalue weighted by atomic mass is 16.2. The van der Waals surface area contributed by atoms with Gasteiger partial charge in [-0.15, -0.1) is 0 Å². The van der Waals surface area contributed by atoms with E-state index in [4.69, 9.17) is 0 Å². The summed E-state index contributed by atoms with van der Waals surface area (Å²) in [4.78, 5) is 29.0. The molecule has 1 atom stereocenters. The van der Waals surface area contributed by atoms with Crippen LogP contribution < -0.4 is 5.32 Å². The van der Waals surface area contributed by atoms with Gasteiger partial charge >= 0.3 is 0 Å². The summed E-state index contributed by atoms with van der Waals surface area (Å²) in [5.74, 6) is 0.318. The largest absolute Gasteiger partial charge is 0.340 e. The van der Waals surface area contributed by atoms with Crippen LogP contribution in [-0.4, -0.2) is 60.4 Å². The Kier molecular flexibility index (Phi) is 4.89. The summed E-state index contributed by atoms with van der Waals surface area (Å²) in [6, 6.07) is 14.5. The molecule has 2 saturated heterocycles. The standard InChI is InChI=1S/C21H25N3O2/c25-20(13-17-7-3-6-16-5-1-2-9-19(16)17)23-11-4-8-18(15-23)24-12-10-22-14-21(24)26/h1-3,5-7,9,18,22H,4,8,10-15H2. The number of carbonyl (C=O) groups is 2. The van der Waals surface area contributed by atoms with Crippen molar-refractivity contribution >= 4 is 22.6 Å². The molecule has 4 rings (SSSR count). The average molecular weight is 351 g/mol. The van der Waals surface area contributed by atoms with Crippen molar-refractivity contribution in [1.29, 1.82) is 0 Å². The molecule has 1 unspecified atom stereocenters. The van der Waals surface area contributed by atoms with E-state index in [1.807, 2.05) is 34.1 Å². The van der Waals surface area contributed by atoms with Crippen LogP contribution in [-0.2, 0) is 16.0 Å². The first-order chi connectivity index (χ1) is 12.7. The number of piperazine rings is 1. The van der Waals surface area contributed by atoms with E-state index in [1.54, 1.807) is 0 Å². The SMILES string of the molecule is O=C(Cc1cccc2ccccc12)N1CCCC(N2CCNCC2=O)C1. The zero-order chi connectivity index (χ0) is 17.9. The lowest BCUT2D eigenvalue weighted by atomic mass is 9.99. The van der Waals surface area contributed by atoms with Gasteiger partial charge in [0.05, 0.1) is 13.0 Å². The van der Waals surface area contributed by atoms with Crippen LogP contribution in [0.5, 0.6) is 0 Å². The lowest BCUT2D eigenvalue weighted by Crippen LogP contribution is -2.57. The van der Waals surface area contributed by atoms with Crippen molar-refractivity contribution in [3.63, 3.8) is 0 Å². The maximum absolute atomic E-state index is 12.9. The van der Waals surface area contributed by atoms with Crippen molar-refractivity contribution in [2.45, 2.75) is 25.3 Å². The molecule has 0 aliphatic carbocycles. The smallest absolute Gasteiger partial charge is 0.236 e. The number of carbonyl (C=O) groups excluding carboxylic acids is 2. The van der Waals surface area contributed by atoms with Gasteiger partial charge in [-0.2, -0.15) is 0 Å². The van der Waals surface area contributed by atoms with Crippen LogP contribution in [0.1, 0.15) is 18.4 Å². The lowest BCUT2D eigenvalue weighted by Gasteiger charge is -2.41. The predicted octanol–water partition coefficient (Wildman–Crippen LogP) is 1.81. The number of rotatable bonds is 3. The molecule has 26 heavy (non-hydrogen) atoms. The van der Waals surface area contributed by atoms with Crippen molar-refractivity contribution in [3.8, 4) is 0 Å². The van der Waals surface area contributed by atoms with E-state index in [1.165, 1.54) is 5.39 Å². The highest BCUT2D eigenvalue weighted by Gasteiger charge is 2.31. The first kappa shape index (κ1) is 17.0. The highest BCUT2D eigenvalue weighted by Crippen LogP contribution is 2.22. The van der Waals surface area contributed by atoms with Crippen molar-refractivity contribution in [3.05, 3.63) is 48.0 Å². The molecule has 2 aromatic carbocycles. The Bertz CT molecular complexity index is 815. The molecular weight excluding hydrogens is 326 g/mol. The summed E-state index contributed by atoms with van der Waals surface area (Å²) in [7, 11) is 0. The van der Waals surface area contributed by atoms with Crippen LogP contribution in [0.15, 0.2) is 42.5 Å². The molecule has 1 N–H and O–H groups in total. The van der Waals surface area contributed by atoms with E-state index >= 15 is 0 Å². The molecule has 0 spiro atoms. The number of amides is 2. The minimum Gasteiger partial charge on any atom is -0.340 e. The van der Waals surface area contributed by atoms with Crippen LogP contribution in [0.2, 0.25) is 0 Å². The van der Waals surface area contributed by atoms with E-state index < -0.39 is 0 Å². The van der Waals surface area contributed by atoms with E-state index in [-0.39, 0.29) is 17.9 Å². The van der Waals surface area contributed by atoms with Crippen molar-refractivity contribution in [2.24, 2.45) is 0 Å². The minimum absolute atomic E-state index is 0.157. The van der Waals surface area contributed by atoms with Gasteiger partial charge in [-0.3, -0.25) is 9.59 Å². The van der Waals surface area contributed by atoms with Gasteiger partial charge in [0.25, 0.3) is 0 Å². The Morgan fingerprint density at radius 2 is 1.96 bits per heavy atom. The van der Waals surface area contributed by atoms with E-state index in [0.717, 1.165) is 43.4 Å². The molecule has 0 aromatic heterocycles. The Hall–Kier alpha value is -2.40. The summed E-state index contributed by atoms with van der Waals surface area (Å²) < 4.78 is 0. The van der Waals surface area contributed by atoms with Crippen LogP contribution in [0, 0.1) is 0 Å². The molecule has 2 aliphatic rings. The summed E-state index contributed by atoms with van der Waals surface area (Å²) in [6.07, 6.45) is 2.37. The predicted molar refractivity (Wildman–Crippen MR) is 102 cm³/mol. The molecule has 2 heterocycles. The van der Waals surface area contributed by atoms with Crippen molar-refractivity contribution in [1.82, 2.24) is 15.1 Å². The highest BCUT2D eigenvalue weighted by molar-refractivity contribution is 5.90. The van der Waals surface area contributed by atoms with E-state index in [9.17, 15) is 9.59 Å². The van der Waals surface area contributed by atoms with Crippen molar-refractivity contribution < 1.29 is 9.59 Å². The summed E-state index contributed by atoms with van der Waals surface area (Å²) in [5, 5.41) is 5.43. The minimum atomic E-state index is 0.157. The second-order valence-electron chi connectivity index (χ2n) is 7.21. The van der Waals surface area contributed by atoms with Gasteiger partial charge in [0, 0.05) is 32.2 Å². The number of nitrogens with zero attached hydrogens (tertiary/aromatic N) is 2. The average Bonchev–Trinajstić information content (AvgIpc) is 2.69. The first-order valence-corrected chi connectivity index (χ1v) is 9.47. The number of likely N-dealkylation sites (tertiary alicyclic amines) is 1. The second-order valence-corrected chi connectivity index (χ2v) is 7.21. The quantitative estimate of drug-likeness (QED) is 0.918. The third kappa shape index (κ3) is 3.44. The lowest BCUT2D eigenvalue weighted by molar-refractivity contribution is -0.140. The number of hydrogen-bond donors (Lipinski definition) is 1. The van der Waals surface area contributed by atoms with E-state index in [2.05, 4.69) is 23.5 Å². The third-order valence-corrected chi connectivity index (χ3v) is 5.54. The third-order valence-electron chi connectivity index (χ3n) is 5.54. The summed E-state index contributed by atoms with van der Waals surface area (Å²) >= 11 is 0. The topological polar surface area (TPSA) is 52.7 Å². The van der Waals surface area contributed by atoms with E-state index in [0.29, 0.717) is 19.5 Å². The Balaban J connectivity index is 1.46. The fourth-order valence-corrected chi connectivity index (χ4v) is 4.16. The fraction of sp³-hybridized carbons (Fsp3) is 0.429. The van der Waals surface area contributed by atoms with Gasteiger partial charge < -0.3 is 15.1 Å². The van der Waals surface area contributed by atoms with Gasteiger partial charge in [0.1, 0.15) is 0 Å². The molecule has 5 heteroatoms. The number of nitrogens with one attached hydrogen (secondary N) is 1. The first-order valence-electron chi connectivity index (χ1n) is 9.47. The monoisotopic (exact) mass is 351 g/mol. The van der Waals surface area contributed by atoms with Crippen LogP contribution in [0.25, 0.3) is 10.8 Å². The molecule has 0 radical (unpaired) electrons. The van der Waals surface area contributed by atoms with Crippen molar-refractivity contribution in [2.75, 3.05) is 32.7 Å². The van der Waals surface area contributed by atoms with Gasteiger partial charge in [0.15, 0.2) is 0 Å². The maximum Gasteiger partial charge on any atom is 0.236 e.